The molecular weight excluding hydrogens is 478 g/mol. The van der Waals surface area contributed by atoms with Gasteiger partial charge < -0.3 is 24.5 Å². The van der Waals surface area contributed by atoms with E-state index in [2.05, 4.69) is 11.9 Å². The molecule has 0 aliphatic carbocycles. The van der Waals surface area contributed by atoms with E-state index in [4.69, 9.17) is 19.6 Å². The van der Waals surface area contributed by atoms with Gasteiger partial charge in [-0.25, -0.2) is 14.6 Å². The molecule has 1 aromatic carbocycles. The van der Waals surface area contributed by atoms with Crippen molar-refractivity contribution in [3.8, 4) is 11.4 Å². The zero-order chi connectivity index (χ0) is 26.3. The molecule has 0 fully saturated rings. The van der Waals surface area contributed by atoms with Crippen molar-refractivity contribution in [3.05, 3.63) is 87.9 Å². The lowest BCUT2D eigenvalue weighted by atomic mass is 9.85. The third-order valence-corrected chi connectivity index (χ3v) is 6.56. The van der Waals surface area contributed by atoms with E-state index in [0.29, 0.717) is 17.9 Å². The predicted molar refractivity (Wildman–Crippen MR) is 132 cm³/mol. The van der Waals surface area contributed by atoms with Crippen LogP contribution in [0.3, 0.4) is 0 Å². The van der Waals surface area contributed by atoms with Crippen LogP contribution >= 0.6 is 0 Å². The molecule has 0 amide bonds. The standard InChI is InChI=1S/C27H23N3O7/c1-3-27(37-23(33)12-28-15(2)8-9-22(31)32)19-11-21-24-17(10-16-6-4-5-7-20(16)29-24)13-30(21)25(34)18(19)14-36-26(27)35/h4-11,28H,2-3,12-14H2,1H3,(H,31,32)/b9-8-. The number of nitrogens with one attached hydrogen (secondary N) is 1. The number of carboxylic acid groups (broad SMARTS) is 1. The van der Waals surface area contributed by atoms with Gasteiger partial charge in [-0.15, -0.1) is 0 Å². The highest BCUT2D eigenvalue weighted by Crippen LogP contribution is 2.40. The lowest BCUT2D eigenvalue weighted by Crippen LogP contribution is -2.48. The van der Waals surface area contributed by atoms with Gasteiger partial charge in [0.15, 0.2) is 0 Å². The van der Waals surface area contributed by atoms with Crippen molar-refractivity contribution in [2.75, 3.05) is 6.54 Å². The molecule has 0 spiro atoms. The van der Waals surface area contributed by atoms with E-state index in [1.165, 1.54) is 6.08 Å². The van der Waals surface area contributed by atoms with Crippen LogP contribution in [0, 0.1) is 0 Å². The second kappa shape index (κ2) is 9.05. The number of aliphatic carboxylic acids is 1. The highest BCUT2D eigenvalue weighted by molar-refractivity contribution is 5.88. The summed E-state index contributed by atoms with van der Waals surface area (Å²) >= 11 is 0. The van der Waals surface area contributed by atoms with Crippen molar-refractivity contribution in [1.29, 1.82) is 0 Å². The largest absolute Gasteiger partial charge is 0.478 e. The van der Waals surface area contributed by atoms with Gasteiger partial charge in [0, 0.05) is 28.3 Å². The fraction of sp³-hybridized carbons (Fsp3) is 0.222. The van der Waals surface area contributed by atoms with Gasteiger partial charge >= 0.3 is 17.9 Å². The SMILES string of the molecule is C=C(/C=C\C(=O)O)NCC(=O)OC1(CC)C(=O)OCc2c1cc1n(c2=O)Cc2cc3ccccc3nc2-1. The van der Waals surface area contributed by atoms with Crippen molar-refractivity contribution in [2.24, 2.45) is 0 Å². The van der Waals surface area contributed by atoms with Crippen molar-refractivity contribution >= 4 is 28.8 Å². The third-order valence-electron chi connectivity index (χ3n) is 6.56. The fourth-order valence-corrected chi connectivity index (χ4v) is 4.73. The van der Waals surface area contributed by atoms with Crippen molar-refractivity contribution in [3.63, 3.8) is 0 Å². The molecule has 0 bridgehead atoms. The van der Waals surface area contributed by atoms with Crippen LogP contribution in [0.25, 0.3) is 22.3 Å². The number of rotatable bonds is 7. The molecule has 0 radical (unpaired) electrons. The number of benzene rings is 1. The topological polar surface area (TPSA) is 137 Å². The average molecular weight is 501 g/mol. The number of cyclic esters (lactones) is 1. The summed E-state index contributed by atoms with van der Waals surface area (Å²) in [5, 5.41) is 12.3. The number of hydrogen-bond donors (Lipinski definition) is 2. The lowest BCUT2D eigenvalue weighted by molar-refractivity contribution is -0.188. The van der Waals surface area contributed by atoms with Crippen LogP contribution in [0.5, 0.6) is 0 Å². The molecular formula is C27H23N3O7. The molecule has 10 heteroatoms. The van der Waals surface area contributed by atoms with Crippen LogP contribution in [0.15, 0.2) is 65.6 Å². The Morgan fingerprint density at radius 2 is 2.05 bits per heavy atom. The molecule has 10 nitrogen and oxygen atoms in total. The smallest absolute Gasteiger partial charge is 0.355 e. The van der Waals surface area contributed by atoms with Crippen LogP contribution < -0.4 is 10.9 Å². The summed E-state index contributed by atoms with van der Waals surface area (Å²) in [6.45, 7) is 5.00. The number of hydrogen-bond acceptors (Lipinski definition) is 8. The van der Waals surface area contributed by atoms with Crippen LogP contribution in [0.2, 0.25) is 0 Å². The third kappa shape index (κ3) is 4.06. The van der Waals surface area contributed by atoms with Crippen molar-refractivity contribution in [2.45, 2.75) is 32.1 Å². The van der Waals surface area contributed by atoms with Crippen molar-refractivity contribution < 1.29 is 29.0 Å². The summed E-state index contributed by atoms with van der Waals surface area (Å²) in [7, 11) is 0. The molecule has 2 aromatic heterocycles. The van der Waals surface area contributed by atoms with Gasteiger partial charge in [0.2, 0.25) is 5.60 Å². The summed E-state index contributed by atoms with van der Waals surface area (Å²) in [6, 6.07) is 11.3. The molecule has 0 saturated heterocycles. The number of esters is 2. The molecule has 2 aliphatic heterocycles. The predicted octanol–water partition coefficient (Wildman–Crippen LogP) is 2.37. The van der Waals surface area contributed by atoms with E-state index >= 15 is 0 Å². The highest BCUT2D eigenvalue weighted by Gasteiger charge is 2.50. The van der Waals surface area contributed by atoms with E-state index in [1.807, 2.05) is 30.3 Å². The Morgan fingerprint density at radius 1 is 1.27 bits per heavy atom. The number of carbonyl (C=O) groups is 3. The average Bonchev–Trinajstić information content (AvgIpc) is 3.24. The van der Waals surface area contributed by atoms with Gasteiger partial charge in [0.25, 0.3) is 5.56 Å². The van der Waals surface area contributed by atoms with Crippen LogP contribution in [-0.4, -0.2) is 39.1 Å². The number of fused-ring (bicyclic) bond motifs is 5. The first-order chi connectivity index (χ1) is 17.7. The van der Waals surface area contributed by atoms with E-state index in [9.17, 15) is 19.2 Å². The van der Waals surface area contributed by atoms with Crippen LogP contribution in [0.4, 0.5) is 0 Å². The van der Waals surface area contributed by atoms with Gasteiger partial charge in [0.1, 0.15) is 13.2 Å². The molecule has 5 rings (SSSR count). The zero-order valence-corrected chi connectivity index (χ0v) is 19.9. The summed E-state index contributed by atoms with van der Waals surface area (Å²) < 4.78 is 12.6. The second-order valence-corrected chi connectivity index (χ2v) is 8.78. The molecule has 1 atom stereocenters. The van der Waals surface area contributed by atoms with Crippen LogP contribution in [0.1, 0.15) is 30.0 Å². The molecule has 188 valence electrons. The van der Waals surface area contributed by atoms with E-state index < -0.39 is 23.5 Å². The molecule has 3 aromatic rings. The number of nitrogens with zero attached hydrogens (tertiary/aromatic N) is 2. The summed E-state index contributed by atoms with van der Waals surface area (Å²) in [4.78, 5) is 54.8. The maximum Gasteiger partial charge on any atom is 0.355 e. The second-order valence-electron chi connectivity index (χ2n) is 8.78. The monoisotopic (exact) mass is 501 g/mol. The summed E-state index contributed by atoms with van der Waals surface area (Å²) in [6.07, 6.45) is 2.09. The van der Waals surface area contributed by atoms with Gasteiger partial charge in [-0.2, -0.15) is 0 Å². The maximum absolute atomic E-state index is 13.5. The number of carboxylic acids is 1. The number of allylic oxidation sites excluding steroid dienone is 1. The number of ether oxygens (including phenoxy) is 2. The Hall–Kier alpha value is -4.73. The minimum Gasteiger partial charge on any atom is -0.478 e. The fourth-order valence-electron chi connectivity index (χ4n) is 4.73. The first-order valence-electron chi connectivity index (χ1n) is 11.6. The van der Waals surface area contributed by atoms with Crippen LogP contribution in [-0.2, 0) is 42.6 Å². The number of pyridine rings is 2. The highest BCUT2D eigenvalue weighted by atomic mass is 16.6. The Labute approximate surface area is 210 Å². The van der Waals surface area contributed by atoms with Gasteiger partial charge in [-0.1, -0.05) is 31.7 Å². The minimum absolute atomic E-state index is 0.0331. The Bertz CT molecular complexity index is 1590. The maximum atomic E-state index is 13.5. The quantitative estimate of drug-likeness (QED) is 0.222. The van der Waals surface area contributed by atoms with Gasteiger partial charge in [-0.05, 0) is 30.7 Å². The number of para-hydroxylation sites is 1. The summed E-state index contributed by atoms with van der Waals surface area (Å²) in [5.41, 5.74) is 1.37. The zero-order valence-electron chi connectivity index (χ0n) is 19.9. The molecule has 2 N–H and O–H groups in total. The molecule has 2 aliphatic rings. The number of aromatic nitrogens is 2. The van der Waals surface area contributed by atoms with Gasteiger partial charge in [0.05, 0.1) is 29.0 Å². The van der Waals surface area contributed by atoms with E-state index in [1.54, 1.807) is 17.6 Å². The Kier molecular flexibility index (Phi) is 5.87. The van der Waals surface area contributed by atoms with Crippen molar-refractivity contribution in [1.82, 2.24) is 14.9 Å². The van der Waals surface area contributed by atoms with E-state index in [0.717, 1.165) is 22.5 Å². The molecule has 0 saturated carbocycles. The number of carbonyl (C=O) groups excluding carboxylic acids is 2. The molecule has 4 heterocycles. The Balaban J connectivity index is 1.53. The Morgan fingerprint density at radius 3 is 2.81 bits per heavy atom. The minimum atomic E-state index is -1.82. The first kappa shape index (κ1) is 24.0. The normalized spacial score (nSPS) is 17.6. The van der Waals surface area contributed by atoms with E-state index in [-0.39, 0.29) is 42.0 Å². The molecule has 37 heavy (non-hydrogen) atoms. The van der Waals surface area contributed by atoms with Gasteiger partial charge in [-0.3, -0.25) is 9.59 Å². The lowest BCUT2D eigenvalue weighted by Gasteiger charge is -2.35. The summed E-state index contributed by atoms with van der Waals surface area (Å²) in [5.74, 6) is -2.74. The first-order valence-corrected chi connectivity index (χ1v) is 11.6. The molecule has 1 unspecified atom stereocenters.